The molecule has 6 rings (SSSR count). The van der Waals surface area contributed by atoms with E-state index >= 15 is 0 Å². The van der Waals surface area contributed by atoms with Crippen LogP contribution >= 0.6 is 46.3 Å². The van der Waals surface area contributed by atoms with Crippen LogP contribution in [0.2, 0.25) is 10.0 Å². The van der Waals surface area contributed by atoms with E-state index in [1.165, 1.54) is 35.9 Å². The summed E-state index contributed by atoms with van der Waals surface area (Å²) in [6.45, 7) is 4.14. The molecule has 1 fully saturated rings. The number of hydrogen-bond acceptors (Lipinski definition) is 12. The molecule has 0 bridgehead atoms. The number of thioether (sulfide) groups is 1. The van der Waals surface area contributed by atoms with Gasteiger partial charge in [0.1, 0.15) is 31.0 Å². The SMILES string of the molecule is CC(C)(O/N=C(\C(=O)C[C@@H]1C(=O)N2C(C(=O)O)=C(/C=C/c3ccc(C[N+]4(C)Cc5c(Cl)c(O)c(O)c(Cl)c5C4)cc3)CS[C@H]12)c1csc(N)n1)C(=O)O. The van der Waals surface area contributed by atoms with E-state index in [4.69, 9.17) is 33.8 Å². The summed E-state index contributed by atoms with van der Waals surface area (Å²) in [6.07, 6.45) is 3.10. The van der Waals surface area contributed by atoms with E-state index in [1.54, 1.807) is 12.2 Å². The van der Waals surface area contributed by atoms with Crippen LogP contribution in [0, 0.1) is 5.92 Å². The van der Waals surface area contributed by atoms with Gasteiger partial charge in [-0.3, -0.25) is 14.5 Å². The lowest BCUT2D eigenvalue weighted by molar-refractivity contribution is -0.941. The fraction of sp³-hybridized carbons (Fsp3) is 0.314. The minimum atomic E-state index is -1.76. The van der Waals surface area contributed by atoms with Gasteiger partial charge in [-0.05, 0) is 25.0 Å². The summed E-state index contributed by atoms with van der Waals surface area (Å²) < 4.78 is 0.515. The van der Waals surface area contributed by atoms with E-state index in [0.717, 1.165) is 22.5 Å². The molecule has 2 atom stereocenters. The average molecular weight is 804 g/mol. The maximum Gasteiger partial charge on any atom is 0.352 e. The predicted octanol–water partition coefficient (Wildman–Crippen LogP) is 5.23. The molecule has 1 saturated heterocycles. The van der Waals surface area contributed by atoms with Gasteiger partial charge in [-0.2, -0.15) is 0 Å². The van der Waals surface area contributed by atoms with Gasteiger partial charge in [0.05, 0.1) is 28.4 Å². The molecule has 53 heavy (non-hydrogen) atoms. The number of fused-ring (bicyclic) bond motifs is 2. The van der Waals surface area contributed by atoms with Crippen molar-refractivity contribution in [3.63, 3.8) is 0 Å². The van der Waals surface area contributed by atoms with Crippen LogP contribution in [0.25, 0.3) is 6.08 Å². The molecule has 3 aliphatic heterocycles. The summed E-state index contributed by atoms with van der Waals surface area (Å²) in [5.41, 5.74) is 7.24. The van der Waals surface area contributed by atoms with Gasteiger partial charge in [0, 0.05) is 34.2 Å². The van der Waals surface area contributed by atoms with Crippen LogP contribution in [0.1, 0.15) is 48.2 Å². The Hall–Kier alpha value is -4.61. The number of carboxylic acid groups (broad SMARTS) is 2. The number of benzene rings is 2. The number of carbonyl (C=O) groups is 4. The first-order valence-corrected chi connectivity index (χ1v) is 18.8. The number of aromatic nitrogens is 1. The van der Waals surface area contributed by atoms with Crippen LogP contribution in [0.15, 0.2) is 52.1 Å². The minimum Gasteiger partial charge on any atom is -0.503 e. The number of allylic oxidation sites excluding steroid dienone is 1. The fourth-order valence-corrected chi connectivity index (χ4v) is 8.89. The van der Waals surface area contributed by atoms with E-state index in [1.807, 2.05) is 31.3 Å². The standard InChI is InChI=1S/C35H33Cl2N5O9S2/c1-35(2,33(49)50)51-40-26(22-15-53-34(38)39-22)23(43)10-19-30(46)41-27(32(47)48)18(14-52-31(19)41)9-8-16-4-6-17(7-5-16)11-42(3)12-20-21(13-42)25(37)29(45)28(44)24(20)36/h4-9,15,19,31H,10-14H2,1-3H3,(H5-,38,39,40,43,44,45,47,48,49,50)/p+1/b9-8+/t19-,31-/m1/s1. The summed E-state index contributed by atoms with van der Waals surface area (Å²) in [6, 6.07) is 7.69. The maximum atomic E-state index is 13.5. The molecule has 1 amide bonds. The van der Waals surface area contributed by atoms with Crippen molar-refractivity contribution in [1.82, 2.24) is 9.88 Å². The molecule has 6 N–H and O–H groups in total. The zero-order chi connectivity index (χ0) is 38.6. The molecule has 3 aromatic rings. The third-order valence-electron chi connectivity index (χ3n) is 9.26. The van der Waals surface area contributed by atoms with Crippen molar-refractivity contribution in [2.24, 2.45) is 11.1 Å². The molecule has 0 saturated carbocycles. The Morgan fingerprint density at radius 2 is 1.72 bits per heavy atom. The molecule has 278 valence electrons. The van der Waals surface area contributed by atoms with Crippen molar-refractivity contribution < 1.29 is 48.9 Å². The smallest absolute Gasteiger partial charge is 0.352 e. The number of β-lactam (4-membered cyclic amide) rings is 1. The highest BCUT2D eigenvalue weighted by molar-refractivity contribution is 8.00. The third-order valence-corrected chi connectivity index (χ3v) is 12.1. The van der Waals surface area contributed by atoms with Gasteiger partial charge in [0.2, 0.25) is 11.5 Å². The number of thiazole rings is 1. The molecule has 0 radical (unpaired) electrons. The minimum absolute atomic E-state index is 0.0692. The lowest BCUT2D eigenvalue weighted by Gasteiger charge is -2.49. The number of nitrogen functional groups attached to an aromatic ring is 1. The highest BCUT2D eigenvalue weighted by Gasteiger charge is 2.54. The van der Waals surface area contributed by atoms with Crippen molar-refractivity contribution in [1.29, 1.82) is 0 Å². The Balaban J connectivity index is 1.14. The first kappa shape index (κ1) is 38.1. The quantitative estimate of drug-likeness (QED) is 0.0524. The van der Waals surface area contributed by atoms with Crippen molar-refractivity contribution >= 4 is 86.8 Å². The average Bonchev–Trinajstić information content (AvgIpc) is 3.70. The van der Waals surface area contributed by atoms with E-state index in [0.29, 0.717) is 40.8 Å². The number of aromatic hydroxyl groups is 2. The molecule has 3 aliphatic rings. The summed E-state index contributed by atoms with van der Waals surface area (Å²) in [5, 5.41) is 44.8. The van der Waals surface area contributed by atoms with Crippen LogP contribution in [0.3, 0.4) is 0 Å². The van der Waals surface area contributed by atoms with Crippen molar-refractivity contribution in [3.8, 4) is 11.5 Å². The summed E-state index contributed by atoms with van der Waals surface area (Å²) in [7, 11) is 2.03. The molecular weight excluding hydrogens is 769 g/mol. The molecule has 0 spiro atoms. The molecule has 2 aromatic carbocycles. The van der Waals surface area contributed by atoms with Gasteiger partial charge >= 0.3 is 11.9 Å². The van der Waals surface area contributed by atoms with E-state index < -0.39 is 52.0 Å². The number of oxime groups is 1. The Bertz CT molecular complexity index is 2110. The van der Waals surface area contributed by atoms with Crippen LogP contribution in [-0.4, -0.2) is 87.9 Å². The number of quaternary nitrogens is 1. The highest BCUT2D eigenvalue weighted by Crippen LogP contribution is 2.49. The van der Waals surface area contributed by atoms with Gasteiger partial charge < -0.3 is 35.5 Å². The largest absolute Gasteiger partial charge is 0.503 e. The number of hydrogen-bond donors (Lipinski definition) is 5. The second-order valence-corrected chi connectivity index (χ2v) is 16.4. The molecule has 18 heteroatoms. The van der Waals surface area contributed by atoms with Gasteiger partial charge in [-0.25, -0.2) is 14.6 Å². The van der Waals surface area contributed by atoms with Gasteiger partial charge in [-0.15, -0.1) is 23.1 Å². The lowest BCUT2D eigenvalue weighted by atomic mass is 9.89. The van der Waals surface area contributed by atoms with E-state index in [2.05, 4.69) is 10.1 Å². The monoisotopic (exact) mass is 802 g/mol. The van der Waals surface area contributed by atoms with Crippen LogP contribution in [0.4, 0.5) is 5.13 Å². The lowest BCUT2D eigenvalue weighted by Crippen LogP contribution is -2.62. The first-order chi connectivity index (χ1) is 24.9. The highest BCUT2D eigenvalue weighted by atomic mass is 35.5. The Labute approximate surface area is 321 Å². The van der Waals surface area contributed by atoms with Gasteiger partial charge in [0.15, 0.2) is 28.1 Å². The van der Waals surface area contributed by atoms with Crippen LogP contribution in [-0.2, 0) is 43.7 Å². The number of carboxylic acids is 2. The number of aliphatic carboxylic acids is 2. The van der Waals surface area contributed by atoms with Crippen molar-refractivity contribution in [2.75, 3.05) is 18.5 Å². The fourth-order valence-electron chi connectivity index (χ4n) is 6.43. The number of carbonyl (C=O) groups excluding carboxylic acids is 2. The zero-order valence-electron chi connectivity index (χ0n) is 28.5. The van der Waals surface area contributed by atoms with Crippen molar-refractivity contribution in [2.45, 2.75) is 50.9 Å². The number of anilines is 1. The van der Waals surface area contributed by atoms with Crippen molar-refractivity contribution in [3.05, 3.63) is 85.0 Å². The maximum absolute atomic E-state index is 13.5. The second-order valence-electron chi connectivity index (χ2n) is 13.7. The second kappa shape index (κ2) is 14.3. The van der Waals surface area contributed by atoms with Gasteiger partial charge in [0.25, 0.3) is 0 Å². The molecule has 0 aliphatic carbocycles. The molecule has 14 nitrogen and oxygen atoms in total. The van der Waals surface area contributed by atoms with Gasteiger partial charge in [-0.1, -0.05) is 64.8 Å². The predicted molar refractivity (Wildman–Crippen MR) is 199 cm³/mol. The number of halogens is 2. The normalized spacial score (nSPS) is 19.6. The molecular formula is C35H34Cl2N5O9S2+. The topological polar surface area (TPSA) is 213 Å². The number of ketones is 1. The zero-order valence-corrected chi connectivity index (χ0v) is 31.6. The van der Waals surface area contributed by atoms with Crippen LogP contribution < -0.4 is 5.73 Å². The molecule has 0 unspecified atom stereocenters. The first-order valence-electron chi connectivity index (χ1n) is 16.1. The summed E-state index contributed by atoms with van der Waals surface area (Å²) >= 11 is 15.0. The Morgan fingerprint density at radius 1 is 1.09 bits per heavy atom. The van der Waals surface area contributed by atoms with E-state index in [9.17, 15) is 39.6 Å². The summed E-state index contributed by atoms with van der Waals surface area (Å²) in [4.78, 5) is 61.3. The number of Topliss-reactive ketones (excluding diaryl/α,β-unsaturated/α-hetero) is 1. The number of nitrogens with zero attached hydrogens (tertiary/aromatic N) is 4. The van der Waals surface area contributed by atoms with Crippen LogP contribution in [0.5, 0.6) is 11.5 Å². The summed E-state index contributed by atoms with van der Waals surface area (Å²) in [5.74, 6) is -5.21. The number of phenols is 2. The number of phenolic OH excluding ortho intramolecular Hbond substituents is 2. The number of nitrogens with two attached hydrogens (primary N) is 1. The number of rotatable bonds is 12. The number of amides is 1. The Morgan fingerprint density at radius 3 is 2.26 bits per heavy atom. The third kappa shape index (κ3) is 7.33. The molecule has 4 heterocycles. The Kier molecular flexibility index (Phi) is 10.3. The molecule has 1 aromatic heterocycles. The van der Waals surface area contributed by atoms with E-state index in [-0.39, 0.29) is 44.5 Å².